The Hall–Kier alpha value is -1.70. The molecule has 0 saturated heterocycles. The van der Waals surface area contributed by atoms with Crippen molar-refractivity contribution >= 4 is 12.1 Å². The van der Waals surface area contributed by atoms with Crippen molar-refractivity contribution in [3.63, 3.8) is 0 Å². The van der Waals surface area contributed by atoms with Crippen LogP contribution in [-0.2, 0) is 9.59 Å². The molecular formula is C24H30O2. The lowest BCUT2D eigenvalue weighted by atomic mass is 9.56. The Balaban J connectivity index is 0.000000385. The smallest absolute Gasteiger partial charge is 0.178 e. The molecule has 5 aliphatic carbocycles. The molecule has 0 amide bonds. The zero-order valence-electron chi connectivity index (χ0n) is 16.3. The molecule has 138 valence electrons. The summed E-state index contributed by atoms with van der Waals surface area (Å²) in [5.41, 5.74) is 6.80. The van der Waals surface area contributed by atoms with Crippen LogP contribution in [0.2, 0.25) is 0 Å². The van der Waals surface area contributed by atoms with Gasteiger partial charge in [0, 0.05) is 11.8 Å². The zero-order chi connectivity index (χ0) is 18.5. The minimum absolute atomic E-state index is 0.0234. The Labute approximate surface area is 157 Å². The van der Waals surface area contributed by atoms with Gasteiger partial charge in [0.2, 0.25) is 0 Å². The maximum atomic E-state index is 12.0. The molecule has 0 radical (unpaired) electrons. The van der Waals surface area contributed by atoms with E-state index >= 15 is 0 Å². The molecule has 5 rings (SSSR count). The van der Waals surface area contributed by atoms with Crippen molar-refractivity contribution < 1.29 is 9.59 Å². The number of hydrogen-bond donors (Lipinski definition) is 0. The lowest BCUT2D eigenvalue weighted by Crippen LogP contribution is -2.37. The quantitative estimate of drug-likeness (QED) is 0.584. The topological polar surface area (TPSA) is 34.1 Å². The molecule has 3 atom stereocenters. The second kappa shape index (κ2) is 6.18. The van der Waals surface area contributed by atoms with E-state index in [2.05, 4.69) is 26.0 Å². The predicted octanol–water partition coefficient (Wildman–Crippen LogP) is 5.51. The van der Waals surface area contributed by atoms with Crippen molar-refractivity contribution in [2.45, 2.75) is 65.7 Å². The summed E-state index contributed by atoms with van der Waals surface area (Å²) in [4.78, 5) is 21.1. The van der Waals surface area contributed by atoms with E-state index in [0.717, 1.165) is 18.1 Å². The lowest BCUT2D eigenvalue weighted by molar-refractivity contribution is -0.110. The van der Waals surface area contributed by atoms with Gasteiger partial charge in [-0.1, -0.05) is 31.6 Å². The van der Waals surface area contributed by atoms with Crippen LogP contribution in [0.4, 0.5) is 0 Å². The summed E-state index contributed by atoms with van der Waals surface area (Å²) in [5.74, 6) is 1.83. The Morgan fingerprint density at radius 1 is 1.31 bits per heavy atom. The highest BCUT2D eigenvalue weighted by Gasteiger charge is 2.58. The number of hydrogen-bond acceptors (Lipinski definition) is 2. The summed E-state index contributed by atoms with van der Waals surface area (Å²) in [6.45, 7) is 6.60. The fraction of sp³-hybridized carbons (Fsp3) is 0.583. The van der Waals surface area contributed by atoms with Crippen molar-refractivity contribution in [3.05, 3.63) is 46.6 Å². The molecule has 3 unspecified atom stereocenters. The number of aldehydes is 1. The molecular weight excluding hydrogens is 320 g/mol. The predicted molar refractivity (Wildman–Crippen MR) is 105 cm³/mol. The normalized spacial score (nSPS) is 35.6. The van der Waals surface area contributed by atoms with Gasteiger partial charge >= 0.3 is 0 Å². The second-order valence-electron chi connectivity index (χ2n) is 9.00. The molecule has 1 spiro atoms. The third-order valence-electron chi connectivity index (χ3n) is 7.37. The average Bonchev–Trinajstić information content (AvgIpc) is 3.31. The number of allylic oxidation sites excluding steroid dienone is 8. The summed E-state index contributed by atoms with van der Waals surface area (Å²) in [5, 5.41) is 0. The van der Waals surface area contributed by atoms with Crippen LogP contribution >= 0.6 is 0 Å². The molecule has 0 heterocycles. The fourth-order valence-corrected chi connectivity index (χ4v) is 5.81. The first-order chi connectivity index (χ1) is 12.4. The average molecular weight is 351 g/mol. The van der Waals surface area contributed by atoms with Crippen LogP contribution in [0.25, 0.3) is 0 Å². The summed E-state index contributed by atoms with van der Waals surface area (Å²) in [6, 6.07) is 0. The number of fused-ring (bicyclic) bond motifs is 5. The molecule has 0 N–H and O–H groups in total. The van der Waals surface area contributed by atoms with E-state index in [0.29, 0.717) is 11.8 Å². The van der Waals surface area contributed by atoms with Crippen LogP contribution in [-0.4, -0.2) is 12.1 Å². The Kier molecular flexibility index (Phi) is 4.21. The summed E-state index contributed by atoms with van der Waals surface area (Å²) in [7, 11) is 0. The first-order valence-electron chi connectivity index (χ1n) is 10.3. The maximum Gasteiger partial charge on any atom is 0.178 e. The van der Waals surface area contributed by atoms with Crippen LogP contribution in [0, 0.1) is 22.7 Å². The van der Waals surface area contributed by atoms with Crippen molar-refractivity contribution in [2.24, 2.45) is 22.7 Å². The van der Waals surface area contributed by atoms with Gasteiger partial charge in [0.25, 0.3) is 0 Å². The number of rotatable bonds is 1. The number of ketones is 1. The molecule has 0 aromatic carbocycles. The highest BCUT2D eigenvalue weighted by atomic mass is 16.1. The molecule has 0 aromatic rings. The summed E-state index contributed by atoms with van der Waals surface area (Å²) >= 11 is 0. The van der Waals surface area contributed by atoms with E-state index in [1.54, 1.807) is 16.7 Å². The molecule has 0 bridgehead atoms. The molecule has 26 heavy (non-hydrogen) atoms. The lowest BCUT2D eigenvalue weighted by Gasteiger charge is -2.48. The van der Waals surface area contributed by atoms with E-state index in [1.807, 2.05) is 19.1 Å². The SMILES string of the molecule is CC1CC=C2C3=C(CCC21)C1(C)C=CC(=O)C=C1C1(CC1)C3.CCC=O. The molecule has 1 fully saturated rings. The molecule has 0 aliphatic heterocycles. The monoisotopic (exact) mass is 350 g/mol. The van der Waals surface area contributed by atoms with Crippen molar-refractivity contribution in [1.29, 1.82) is 0 Å². The number of carbonyl (C=O) groups is 2. The largest absolute Gasteiger partial charge is 0.303 e. The third-order valence-corrected chi connectivity index (χ3v) is 7.37. The standard InChI is InChI=1S/C21H24O.C3H6O/c1-13-3-4-16-15(13)5-6-18-17(16)12-21(9-10-21)19-11-14(22)7-8-20(18,19)2;1-2-3-4/h4,7-8,11,13,15H,3,5-6,9-10,12H2,1-2H3;3H,2H2,1H3. The van der Waals surface area contributed by atoms with E-state index in [4.69, 9.17) is 0 Å². The van der Waals surface area contributed by atoms with Crippen LogP contribution in [0.5, 0.6) is 0 Å². The van der Waals surface area contributed by atoms with Gasteiger partial charge in [-0.25, -0.2) is 0 Å². The summed E-state index contributed by atoms with van der Waals surface area (Å²) in [6.07, 6.45) is 17.6. The first-order valence-corrected chi connectivity index (χ1v) is 10.3. The fourth-order valence-electron chi connectivity index (χ4n) is 5.81. The minimum Gasteiger partial charge on any atom is -0.303 e. The van der Waals surface area contributed by atoms with Crippen molar-refractivity contribution in [1.82, 2.24) is 0 Å². The Bertz CT molecular complexity index is 772. The van der Waals surface area contributed by atoms with E-state index < -0.39 is 0 Å². The van der Waals surface area contributed by atoms with Gasteiger partial charge in [0.1, 0.15) is 6.29 Å². The van der Waals surface area contributed by atoms with E-state index in [9.17, 15) is 9.59 Å². The second-order valence-corrected chi connectivity index (χ2v) is 9.00. The highest BCUT2D eigenvalue weighted by molar-refractivity contribution is 6.02. The maximum absolute atomic E-state index is 12.0. The summed E-state index contributed by atoms with van der Waals surface area (Å²) < 4.78 is 0. The van der Waals surface area contributed by atoms with Crippen LogP contribution in [0.3, 0.4) is 0 Å². The minimum atomic E-state index is 0.0234. The van der Waals surface area contributed by atoms with Gasteiger partial charge in [-0.15, -0.1) is 0 Å². The third kappa shape index (κ3) is 2.52. The van der Waals surface area contributed by atoms with Crippen LogP contribution < -0.4 is 0 Å². The molecule has 1 saturated carbocycles. The van der Waals surface area contributed by atoms with Gasteiger partial charge in [-0.05, 0) is 91.6 Å². The van der Waals surface area contributed by atoms with Gasteiger partial charge in [0.15, 0.2) is 5.78 Å². The Morgan fingerprint density at radius 3 is 2.69 bits per heavy atom. The van der Waals surface area contributed by atoms with Gasteiger partial charge in [-0.3, -0.25) is 4.79 Å². The molecule has 5 aliphatic rings. The highest BCUT2D eigenvalue weighted by Crippen LogP contribution is 2.69. The van der Waals surface area contributed by atoms with Crippen LogP contribution in [0.1, 0.15) is 65.7 Å². The molecule has 2 heteroatoms. The zero-order valence-corrected chi connectivity index (χ0v) is 16.3. The van der Waals surface area contributed by atoms with Gasteiger partial charge in [0.05, 0.1) is 0 Å². The molecule has 0 aromatic heterocycles. The van der Waals surface area contributed by atoms with Crippen molar-refractivity contribution in [3.8, 4) is 0 Å². The van der Waals surface area contributed by atoms with Crippen LogP contribution in [0.15, 0.2) is 46.6 Å². The molecule has 2 nitrogen and oxygen atoms in total. The van der Waals surface area contributed by atoms with Crippen molar-refractivity contribution in [2.75, 3.05) is 0 Å². The first kappa shape index (κ1) is 17.7. The Morgan fingerprint density at radius 2 is 2.04 bits per heavy atom. The van der Waals surface area contributed by atoms with E-state index in [-0.39, 0.29) is 11.2 Å². The number of carbonyl (C=O) groups excluding carboxylic acids is 2. The van der Waals surface area contributed by atoms with Gasteiger partial charge < -0.3 is 4.79 Å². The van der Waals surface area contributed by atoms with Gasteiger partial charge in [-0.2, -0.15) is 0 Å². The van der Waals surface area contributed by atoms with E-state index in [1.165, 1.54) is 44.1 Å².